The predicted octanol–water partition coefficient (Wildman–Crippen LogP) is 5.06. The molecule has 2 aromatic rings. The van der Waals surface area contributed by atoms with E-state index < -0.39 is 0 Å². The second-order valence-corrected chi connectivity index (χ2v) is 6.66. The van der Waals surface area contributed by atoms with Crippen molar-refractivity contribution in [3.63, 3.8) is 0 Å². The standard InChI is InChI=1S/C18H22N2S2/c1-3-14(2)19-18(21)20-16-11-9-15(10-12-16)13-22-17-7-5-4-6-8-17/h4-12,14H,3,13H2,1-2H3,(H2,19,20,21)/t14-/m0/s1. The van der Waals surface area contributed by atoms with Crippen molar-refractivity contribution in [3.8, 4) is 0 Å². The molecule has 0 heterocycles. The second-order valence-electron chi connectivity index (χ2n) is 5.21. The highest BCUT2D eigenvalue weighted by Gasteiger charge is 2.02. The zero-order chi connectivity index (χ0) is 15.8. The lowest BCUT2D eigenvalue weighted by Gasteiger charge is -2.15. The zero-order valence-electron chi connectivity index (χ0n) is 13.0. The molecule has 0 aliphatic heterocycles. The smallest absolute Gasteiger partial charge is 0.170 e. The number of hydrogen-bond acceptors (Lipinski definition) is 2. The highest BCUT2D eigenvalue weighted by atomic mass is 32.2. The first-order valence-corrected chi connectivity index (χ1v) is 8.91. The van der Waals surface area contributed by atoms with E-state index in [9.17, 15) is 0 Å². The molecule has 0 aromatic heterocycles. The topological polar surface area (TPSA) is 24.1 Å². The van der Waals surface area contributed by atoms with Gasteiger partial charge in [0.05, 0.1) is 0 Å². The Morgan fingerprint density at radius 2 is 1.77 bits per heavy atom. The first kappa shape index (κ1) is 16.8. The molecule has 0 aliphatic carbocycles. The predicted molar refractivity (Wildman–Crippen MR) is 102 cm³/mol. The Hall–Kier alpha value is -1.52. The Morgan fingerprint density at radius 3 is 2.41 bits per heavy atom. The van der Waals surface area contributed by atoms with E-state index in [1.165, 1.54) is 10.5 Å². The van der Waals surface area contributed by atoms with Gasteiger partial charge < -0.3 is 10.6 Å². The van der Waals surface area contributed by atoms with Crippen molar-refractivity contribution in [3.05, 3.63) is 60.2 Å². The molecule has 0 amide bonds. The molecule has 22 heavy (non-hydrogen) atoms. The van der Waals surface area contributed by atoms with Crippen LogP contribution in [-0.2, 0) is 5.75 Å². The third-order valence-electron chi connectivity index (χ3n) is 3.35. The Labute approximate surface area is 142 Å². The van der Waals surface area contributed by atoms with Crippen LogP contribution in [0.15, 0.2) is 59.5 Å². The maximum absolute atomic E-state index is 5.30. The van der Waals surface area contributed by atoms with Crippen LogP contribution in [0.1, 0.15) is 25.8 Å². The minimum Gasteiger partial charge on any atom is -0.360 e. The number of thioether (sulfide) groups is 1. The minimum atomic E-state index is 0.390. The van der Waals surface area contributed by atoms with E-state index in [0.717, 1.165) is 17.9 Å². The molecule has 2 nitrogen and oxygen atoms in total. The molecule has 0 unspecified atom stereocenters. The van der Waals surface area contributed by atoms with Gasteiger partial charge in [-0.25, -0.2) is 0 Å². The zero-order valence-corrected chi connectivity index (χ0v) is 14.6. The largest absolute Gasteiger partial charge is 0.360 e. The molecule has 1 atom stereocenters. The molecular formula is C18H22N2S2. The second kappa shape index (κ2) is 8.81. The van der Waals surface area contributed by atoms with E-state index in [1.54, 1.807) is 0 Å². The summed E-state index contributed by atoms with van der Waals surface area (Å²) in [4.78, 5) is 1.30. The number of anilines is 1. The SMILES string of the molecule is CC[C@H](C)NC(=S)Nc1ccc(CSc2ccccc2)cc1. The van der Waals surface area contributed by atoms with Crippen LogP contribution in [-0.4, -0.2) is 11.2 Å². The summed E-state index contributed by atoms with van der Waals surface area (Å²) in [6.07, 6.45) is 1.05. The van der Waals surface area contributed by atoms with Crippen molar-refractivity contribution in [2.24, 2.45) is 0 Å². The minimum absolute atomic E-state index is 0.390. The summed E-state index contributed by atoms with van der Waals surface area (Å²) >= 11 is 7.15. The number of nitrogens with one attached hydrogen (secondary N) is 2. The van der Waals surface area contributed by atoms with Crippen LogP contribution in [0.4, 0.5) is 5.69 Å². The van der Waals surface area contributed by atoms with Crippen molar-refractivity contribution >= 4 is 34.8 Å². The van der Waals surface area contributed by atoms with Gasteiger partial charge in [0.25, 0.3) is 0 Å². The van der Waals surface area contributed by atoms with Crippen molar-refractivity contribution in [2.45, 2.75) is 37.0 Å². The fourth-order valence-corrected chi connectivity index (χ4v) is 3.06. The summed E-state index contributed by atoms with van der Waals surface area (Å²) in [5, 5.41) is 7.16. The molecule has 0 radical (unpaired) electrons. The maximum Gasteiger partial charge on any atom is 0.170 e. The van der Waals surface area contributed by atoms with Gasteiger partial charge in [-0.2, -0.15) is 0 Å². The van der Waals surface area contributed by atoms with Crippen LogP contribution in [0.25, 0.3) is 0 Å². The highest BCUT2D eigenvalue weighted by molar-refractivity contribution is 7.98. The van der Waals surface area contributed by atoms with Gasteiger partial charge in [-0.3, -0.25) is 0 Å². The van der Waals surface area contributed by atoms with Crippen molar-refractivity contribution < 1.29 is 0 Å². The van der Waals surface area contributed by atoms with Gasteiger partial charge in [-0.1, -0.05) is 37.3 Å². The third kappa shape index (κ3) is 5.70. The van der Waals surface area contributed by atoms with E-state index in [0.29, 0.717) is 11.2 Å². The Balaban J connectivity index is 1.83. The molecule has 116 valence electrons. The number of hydrogen-bond donors (Lipinski definition) is 2. The number of thiocarbonyl (C=S) groups is 1. The summed E-state index contributed by atoms with van der Waals surface area (Å²) in [5.74, 6) is 0.972. The van der Waals surface area contributed by atoms with Crippen molar-refractivity contribution in [2.75, 3.05) is 5.32 Å². The molecule has 0 saturated heterocycles. The summed E-state index contributed by atoms with van der Waals surface area (Å²) in [6, 6.07) is 19.3. The molecular weight excluding hydrogens is 308 g/mol. The van der Waals surface area contributed by atoms with Gasteiger partial charge in [0.1, 0.15) is 0 Å². The van der Waals surface area contributed by atoms with E-state index >= 15 is 0 Å². The third-order valence-corrected chi connectivity index (χ3v) is 4.65. The summed E-state index contributed by atoms with van der Waals surface area (Å²) in [7, 11) is 0. The van der Waals surface area contributed by atoms with Gasteiger partial charge in [0, 0.05) is 22.4 Å². The Kier molecular flexibility index (Phi) is 6.74. The van der Waals surface area contributed by atoms with Crippen LogP contribution in [0.5, 0.6) is 0 Å². The van der Waals surface area contributed by atoms with E-state index in [-0.39, 0.29) is 0 Å². The summed E-state index contributed by atoms with van der Waals surface area (Å²) in [5.41, 5.74) is 2.33. The first-order chi connectivity index (χ1) is 10.7. The van der Waals surface area contributed by atoms with Gasteiger partial charge in [-0.05, 0) is 55.4 Å². The average Bonchev–Trinajstić information content (AvgIpc) is 2.55. The highest BCUT2D eigenvalue weighted by Crippen LogP contribution is 2.23. The lowest BCUT2D eigenvalue weighted by atomic mass is 10.2. The maximum atomic E-state index is 5.30. The van der Waals surface area contributed by atoms with Crippen LogP contribution < -0.4 is 10.6 Å². The molecule has 2 aromatic carbocycles. The monoisotopic (exact) mass is 330 g/mol. The van der Waals surface area contributed by atoms with E-state index in [2.05, 4.69) is 73.0 Å². The van der Waals surface area contributed by atoms with Crippen LogP contribution in [0.3, 0.4) is 0 Å². The molecule has 0 saturated carbocycles. The molecule has 0 spiro atoms. The number of benzene rings is 2. The van der Waals surface area contributed by atoms with Crippen LogP contribution >= 0.6 is 24.0 Å². The van der Waals surface area contributed by atoms with Crippen LogP contribution in [0.2, 0.25) is 0 Å². The lowest BCUT2D eigenvalue weighted by molar-refractivity contribution is 0.646. The molecule has 2 rings (SSSR count). The van der Waals surface area contributed by atoms with Crippen molar-refractivity contribution in [1.29, 1.82) is 0 Å². The van der Waals surface area contributed by atoms with Crippen molar-refractivity contribution in [1.82, 2.24) is 5.32 Å². The fourth-order valence-electron chi connectivity index (χ4n) is 1.86. The Bertz CT molecular complexity index is 582. The van der Waals surface area contributed by atoms with Gasteiger partial charge in [0.2, 0.25) is 0 Å². The fraction of sp³-hybridized carbons (Fsp3) is 0.278. The van der Waals surface area contributed by atoms with Gasteiger partial charge in [0.15, 0.2) is 5.11 Å². The van der Waals surface area contributed by atoms with E-state index in [1.807, 2.05) is 17.8 Å². The summed E-state index contributed by atoms with van der Waals surface area (Å²) in [6.45, 7) is 4.26. The normalized spacial score (nSPS) is 11.7. The van der Waals surface area contributed by atoms with E-state index in [4.69, 9.17) is 12.2 Å². The molecule has 4 heteroatoms. The first-order valence-electron chi connectivity index (χ1n) is 7.51. The summed E-state index contributed by atoms with van der Waals surface area (Å²) < 4.78 is 0. The average molecular weight is 331 g/mol. The number of rotatable bonds is 6. The van der Waals surface area contributed by atoms with Gasteiger partial charge in [-0.15, -0.1) is 11.8 Å². The molecule has 2 N–H and O–H groups in total. The lowest BCUT2D eigenvalue weighted by Crippen LogP contribution is -2.35. The van der Waals surface area contributed by atoms with Gasteiger partial charge >= 0.3 is 0 Å². The molecule has 0 bridgehead atoms. The Morgan fingerprint density at radius 1 is 1.09 bits per heavy atom. The molecule has 0 fully saturated rings. The molecule has 0 aliphatic rings. The van der Waals surface area contributed by atoms with Crippen LogP contribution in [0, 0.1) is 0 Å². The quantitative estimate of drug-likeness (QED) is 0.571.